The van der Waals surface area contributed by atoms with Gasteiger partial charge in [0.15, 0.2) is 0 Å². The van der Waals surface area contributed by atoms with Crippen LogP contribution in [0.1, 0.15) is 18.4 Å². The molecule has 0 fully saturated rings. The SMILES string of the molecule is OCC(CCCOCC(F)(F)F)Cc1cccc(F)c1. The lowest BCUT2D eigenvalue weighted by atomic mass is 9.95. The second-order valence-electron chi connectivity index (χ2n) is 4.69. The van der Waals surface area contributed by atoms with Crippen LogP contribution in [0.2, 0.25) is 0 Å². The Bertz CT molecular complexity index is 393. The van der Waals surface area contributed by atoms with E-state index in [1.54, 1.807) is 12.1 Å². The Morgan fingerprint density at radius 1 is 1.25 bits per heavy atom. The highest BCUT2D eigenvalue weighted by Crippen LogP contribution is 2.17. The maximum Gasteiger partial charge on any atom is 0.411 e. The first-order chi connectivity index (χ1) is 9.40. The standard InChI is InChI=1S/C14H18F4O2/c15-13-5-1-3-11(8-13)7-12(9-19)4-2-6-20-10-14(16,17)18/h1,3,5,8,12,19H,2,4,6-7,9-10H2. The molecule has 1 aromatic carbocycles. The van der Waals surface area contributed by atoms with Gasteiger partial charge in [-0.15, -0.1) is 0 Å². The molecule has 6 heteroatoms. The molecule has 0 bridgehead atoms. The van der Waals surface area contributed by atoms with Crippen molar-refractivity contribution in [3.05, 3.63) is 35.6 Å². The van der Waals surface area contributed by atoms with E-state index in [1.165, 1.54) is 12.1 Å². The smallest absolute Gasteiger partial charge is 0.396 e. The minimum Gasteiger partial charge on any atom is -0.396 e. The van der Waals surface area contributed by atoms with E-state index in [9.17, 15) is 22.7 Å². The van der Waals surface area contributed by atoms with Crippen molar-refractivity contribution in [2.24, 2.45) is 5.92 Å². The first-order valence-corrected chi connectivity index (χ1v) is 6.40. The molecule has 0 heterocycles. The third kappa shape index (κ3) is 7.45. The zero-order chi connectivity index (χ0) is 15.0. The minimum absolute atomic E-state index is 0.000833. The average Bonchev–Trinajstić information content (AvgIpc) is 2.35. The summed E-state index contributed by atoms with van der Waals surface area (Å²) in [5.74, 6) is -0.445. The van der Waals surface area contributed by atoms with Gasteiger partial charge >= 0.3 is 6.18 Å². The van der Waals surface area contributed by atoms with E-state index in [0.717, 1.165) is 5.56 Å². The Morgan fingerprint density at radius 3 is 2.60 bits per heavy atom. The van der Waals surface area contributed by atoms with Gasteiger partial charge in [0.2, 0.25) is 0 Å². The van der Waals surface area contributed by atoms with Crippen LogP contribution in [0.25, 0.3) is 0 Å². The fourth-order valence-electron chi connectivity index (χ4n) is 1.92. The highest BCUT2D eigenvalue weighted by Gasteiger charge is 2.27. The lowest BCUT2D eigenvalue weighted by molar-refractivity contribution is -0.174. The van der Waals surface area contributed by atoms with Crippen molar-refractivity contribution >= 4 is 0 Å². The van der Waals surface area contributed by atoms with E-state index in [0.29, 0.717) is 19.3 Å². The molecule has 2 nitrogen and oxygen atoms in total. The van der Waals surface area contributed by atoms with Crippen LogP contribution in [-0.4, -0.2) is 31.1 Å². The normalized spacial score (nSPS) is 13.4. The van der Waals surface area contributed by atoms with Crippen molar-refractivity contribution in [2.75, 3.05) is 19.8 Å². The lowest BCUT2D eigenvalue weighted by Crippen LogP contribution is -2.18. The quantitative estimate of drug-likeness (QED) is 0.588. The van der Waals surface area contributed by atoms with Gasteiger partial charge in [0.1, 0.15) is 12.4 Å². The zero-order valence-corrected chi connectivity index (χ0v) is 11.0. The topological polar surface area (TPSA) is 29.5 Å². The van der Waals surface area contributed by atoms with E-state index < -0.39 is 12.8 Å². The lowest BCUT2D eigenvalue weighted by Gasteiger charge is -2.14. The molecule has 0 radical (unpaired) electrons. The number of alkyl halides is 3. The first-order valence-electron chi connectivity index (χ1n) is 6.40. The van der Waals surface area contributed by atoms with Gasteiger partial charge in [-0.25, -0.2) is 4.39 Å². The molecule has 20 heavy (non-hydrogen) atoms. The van der Waals surface area contributed by atoms with Gasteiger partial charge in [0.05, 0.1) is 0 Å². The van der Waals surface area contributed by atoms with E-state index in [-0.39, 0.29) is 24.9 Å². The molecule has 1 atom stereocenters. The fraction of sp³-hybridized carbons (Fsp3) is 0.571. The van der Waals surface area contributed by atoms with Crippen LogP contribution in [0, 0.1) is 11.7 Å². The van der Waals surface area contributed by atoms with Gasteiger partial charge in [-0.1, -0.05) is 12.1 Å². The second-order valence-corrected chi connectivity index (χ2v) is 4.69. The second kappa shape index (κ2) is 8.21. The van der Waals surface area contributed by atoms with Crippen LogP contribution >= 0.6 is 0 Å². The number of rotatable bonds is 8. The number of halogens is 4. The van der Waals surface area contributed by atoms with E-state index in [2.05, 4.69) is 4.74 Å². The Morgan fingerprint density at radius 2 is 2.00 bits per heavy atom. The molecule has 0 aromatic heterocycles. The molecule has 114 valence electrons. The van der Waals surface area contributed by atoms with Gasteiger partial charge in [-0.3, -0.25) is 0 Å². The van der Waals surface area contributed by atoms with Gasteiger partial charge in [-0.05, 0) is 42.9 Å². The van der Waals surface area contributed by atoms with Crippen molar-refractivity contribution in [1.29, 1.82) is 0 Å². The van der Waals surface area contributed by atoms with E-state index in [1.807, 2.05) is 0 Å². The Balaban J connectivity index is 2.26. The number of hydrogen-bond acceptors (Lipinski definition) is 2. The summed E-state index contributed by atoms with van der Waals surface area (Å²) in [5, 5.41) is 9.23. The van der Waals surface area contributed by atoms with Crippen LogP contribution in [0.15, 0.2) is 24.3 Å². The summed E-state index contributed by atoms with van der Waals surface area (Å²) in [6.45, 7) is -1.34. The summed E-state index contributed by atoms with van der Waals surface area (Å²) in [5.41, 5.74) is 0.764. The predicted octanol–water partition coefficient (Wildman–Crippen LogP) is 3.34. The maximum absolute atomic E-state index is 13.0. The zero-order valence-electron chi connectivity index (χ0n) is 11.0. The molecule has 1 rings (SSSR count). The van der Waals surface area contributed by atoms with E-state index in [4.69, 9.17) is 0 Å². The number of aliphatic hydroxyl groups is 1. The first kappa shape index (κ1) is 16.9. The number of benzene rings is 1. The predicted molar refractivity (Wildman–Crippen MR) is 66.8 cm³/mol. The molecular formula is C14H18F4O2. The molecule has 0 spiro atoms. The molecule has 1 N–H and O–H groups in total. The molecule has 0 amide bonds. The maximum atomic E-state index is 13.0. The Labute approximate surface area is 115 Å². The average molecular weight is 294 g/mol. The Kier molecular flexibility index (Phi) is 6.95. The van der Waals surface area contributed by atoms with Crippen molar-refractivity contribution in [3.63, 3.8) is 0 Å². The van der Waals surface area contributed by atoms with Crippen molar-refractivity contribution < 1.29 is 27.4 Å². The molecule has 0 saturated carbocycles. The largest absolute Gasteiger partial charge is 0.411 e. The minimum atomic E-state index is -4.31. The molecular weight excluding hydrogens is 276 g/mol. The van der Waals surface area contributed by atoms with Gasteiger partial charge < -0.3 is 9.84 Å². The molecule has 1 unspecified atom stereocenters. The van der Waals surface area contributed by atoms with Crippen LogP contribution in [0.3, 0.4) is 0 Å². The summed E-state index contributed by atoms with van der Waals surface area (Å²) in [6.07, 6.45) is -2.85. The highest BCUT2D eigenvalue weighted by molar-refractivity contribution is 5.16. The molecule has 0 aliphatic rings. The van der Waals surface area contributed by atoms with Crippen molar-refractivity contribution in [3.8, 4) is 0 Å². The monoisotopic (exact) mass is 294 g/mol. The van der Waals surface area contributed by atoms with Crippen LogP contribution < -0.4 is 0 Å². The fourth-order valence-corrected chi connectivity index (χ4v) is 1.92. The third-order valence-electron chi connectivity index (χ3n) is 2.84. The van der Waals surface area contributed by atoms with Gasteiger partial charge in [0.25, 0.3) is 0 Å². The molecule has 0 aliphatic heterocycles. The summed E-state index contributed by atoms with van der Waals surface area (Å²) >= 11 is 0. The number of ether oxygens (including phenoxy) is 1. The van der Waals surface area contributed by atoms with Crippen molar-refractivity contribution in [1.82, 2.24) is 0 Å². The summed E-state index contributed by atoms with van der Waals surface area (Å²) in [7, 11) is 0. The van der Waals surface area contributed by atoms with Gasteiger partial charge in [-0.2, -0.15) is 13.2 Å². The summed E-state index contributed by atoms with van der Waals surface area (Å²) < 4.78 is 53.0. The Hall–Kier alpha value is -1.14. The molecule has 0 aliphatic carbocycles. The van der Waals surface area contributed by atoms with Gasteiger partial charge in [0, 0.05) is 13.2 Å². The third-order valence-corrected chi connectivity index (χ3v) is 2.84. The van der Waals surface area contributed by atoms with E-state index >= 15 is 0 Å². The van der Waals surface area contributed by atoms with Crippen LogP contribution in [0.4, 0.5) is 17.6 Å². The molecule has 1 aromatic rings. The summed E-state index contributed by atoms with van der Waals surface area (Å²) in [6, 6.07) is 6.07. The number of aliphatic hydroxyl groups excluding tert-OH is 1. The van der Waals surface area contributed by atoms with Crippen LogP contribution in [0.5, 0.6) is 0 Å². The molecule has 0 saturated heterocycles. The van der Waals surface area contributed by atoms with Crippen molar-refractivity contribution in [2.45, 2.75) is 25.4 Å². The number of hydrogen-bond donors (Lipinski definition) is 1. The highest BCUT2D eigenvalue weighted by atomic mass is 19.4. The van der Waals surface area contributed by atoms with Crippen LogP contribution in [-0.2, 0) is 11.2 Å². The summed E-state index contributed by atoms with van der Waals surface area (Å²) in [4.78, 5) is 0.